The van der Waals surface area contributed by atoms with Gasteiger partial charge in [-0.1, -0.05) is 12.2 Å². The Morgan fingerprint density at radius 1 is 1.53 bits per heavy atom. The maximum atomic E-state index is 11.9. The maximum absolute atomic E-state index is 11.9. The number of dihydropyridines is 1. The number of rotatable bonds is 0. The third-order valence-corrected chi connectivity index (χ3v) is 3.44. The summed E-state index contributed by atoms with van der Waals surface area (Å²) in [5.74, 6) is 1.31. The lowest BCUT2D eigenvalue weighted by molar-refractivity contribution is -0.123. The first-order valence-corrected chi connectivity index (χ1v) is 5.60. The standard InChI is InChI=1S/C11H15N3O/c15-11-9-4-2-6-14(9)7-8-3-1-5-12-10(8)13-11/h1,3,8-9H,2,4-7H2,(H,12,13,15). The van der Waals surface area contributed by atoms with E-state index in [4.69, 9.17) is 0 Å². The lowest BCUT2D eigenvalue weighted by Gasteiger charge is -2.21. The summed E-state index contributed by atoms with van der Waals surface area (Å²) in [6.45, 7) is 2.70. The van der Waals surface area contributed by atoms with E-state index in [0.717, 1.165) is 31.8 Å². The van der Waals surface area contributed by atoms with Gasteiger partial charge in [-0.05, 0) is 19.4 Å². The quantitative estimate of drug-likeness (QED) is 0.573. The number of nitrogens with one attached hydrogen (secondary N) is 1. The Labute approximate surface area is 89.0 Å². The number of nitrogens with zero attached hydrogens (tertiary/aromatic N) is 2. The summed E-state index contributed by atoms with van der Waals surface area (Å²) >= 11 is 0. The Balaban J connectivity index is 1.89. The van der Waals surface area contributed by atoms with Crippen LogP contribution in [0.1, 0.15) is 12.8 Å². The molecule has 3 heterocycles. The van der Waals surface area contributed by atoms with Crippen molar-refractivity contribution in [2.75, 3.05) is 19.6 Å². The van der Waals surface area contributed by atoms with Crippen molar-refractivity contribution in [2.24, 2.45) is 10.9 Å². The van der Waals surface area contributed by atoms with Gasteiger partial charge in [-0.25, -0.2) is 0 Å². The third-order valence-electron chi connectivity index (χ3n) is 3.44. The van der Waals surface area contributed by atoms with Crippen molar-refractivity contribution < 1.29 is 4.79 Å². The van der Waals surface area contributed by atoms with Gasteiger partial charge in [-0.2, -0.15) is 0 Å². The van der Waals surface area contributed by atoms with Crippen molar-refractivity contribution in [1.82, 2.24) is 10.2 Å². The van der Waals surface area contributed by atoms with Crippen LogP contribution in [-0.4, -0.2) is 42.3 Å². The molecule has 2 atom stereocenters. The first kappa shape index (κ1) is 9.09. The van der Waals surface area contributed by atoms with Crippen LogP contribution in [0, 0.1) is 5.92 Å². The Hall–Kier alpha value is -1.16. The number of aliphatic imine (C=N–C) groups is 1. The minimum Gasteiger partial charge on any atom is -0.313 e. The molecule has 0 saturated carbocycles. The van der Waals surface area contributed by atoms with Crippen LogP contribution in [0.15, 0.2) is 17.1 Å². The van der Waals surface area contributed by atoms with Crippen molar-refractivity contribution in [3.63, 3.8) is 0 Å². The molecule has 15 heavy (non-hydrogen) atoms. The van der Waals surface area contributed by atoms with Gasteiger partial charge in [0.1, 0.15) is 5.84 Å². The molecule has 0 aliphatic carbocycles. The highest BCUT2D eigenvalue weighted by atomic mass is 16.2. The highest BCUT2D eigenvalue weighted by molar-refractivity contribution is 6.03. The van der Waals surface area contributed by atoms with Crippen LogP contribution >= 0.6 is 0 Å². The molecule has 0 aromatic heterocycles. The average Bonchev–Trinajstić information content (AvgIpc) is 2.64. The molecule has 0 aromatic carbocycles. The first-order valence-electron chi connectivity index (χ1n) is 5.60. The SMILES string of the molecule is O=C1NC2=NCC=CC2CN2CCCC12. The fourth-order valence-corrected chi connectivity index (χ4v) is 2.67. The van der Waals surface area contributed by atoms with Crippen LogP contribution in [0.25, 0.3) is 0 Å². The number of carbonyl (C=O) groups excluding carboxylic acids is 1. The number of fused-ring (bicyclic) bond motifs is 2. The van der Waals surface area contributed by atoms with E-state index in [1.165, 1.54) is 0 Å². The second-order valence-corrected chi connectivity index (χ2v) is 4.40. The molecule has 0 spiro atoms. The normalized spacial score (nSPS) is 35.2. The summed E-state index contributed by atoms with van der Waals surface area (Å²) in [6.07, 6.45) is 6.39. The topological polar surface area (TPSA) is 44.7 Å². The van der Waals surface area contributed by atoms with Gasteiger partial charge in [0.15, 0.2) is 0 Å². The molecule has 4 heteroatoms. The summed E-state index contributed by atoms with van der Waals surface area (Å²) < 4.78 is 0. The van der Waals surface area contributed by atoms with Crippen molar-refractivity contribution in [3.05, 3.63) is 12.2 Å². The zero-order valence-electron chi connectivity index (χ0n) is 8.65. The smallest absolute Gasteiger partial charge is 0.242 e. The zero-order chi connectivity index (χ0) is 10.3. The monoisotopic (exact) mass is 205 g/mol. The van der Waals surface area contributed by atoms with E-state index in [2.05, 4.69) is 27.4 Å². The second-order valence-electron chi connectivity index (χ2n) is 4.40. The minimum absolute atomic E-state index is 0.0895. The van der Waals surface area contributed by atoms with Gasteiger partial charge >= 0.3 is 0 Å². The fourth-order valence-electron chi connectivity index (χ4n) is 2.67. The lowest BCUT2D eigenvalue weighted by atomic mass is 10.1. The van der Waals surface area contributed by atoms with Crippen LogP contribution in [0.5, 0.6) is 0 Å². The first-order chi connectivity index (χ1) is 7.34. The van der Waals surface area contributed by atoms with E-state index in [9.17, 15) is 4.79 Å². The summed E-state index contributed by atoms with van der Waals surface area (Å²) in [4.78, 5) is 18.5. The predicted octanol–water partition coefficient (Wildman–Crippen LogP) is 0.165. The molecule has 0 radical (unpaired) electrons. The second kappa shape index (κ2) is 3.45. The Morgan fingerprint density at radius 2 is 2.47 bits per heavy atom. The summed E-state index contributed by atoms with van der Waals surface area (Å²) in [5.41, 5.74) is 0. The molecule has 2 saturated heterocycles. The number of amidine groups is 1. The van der Waals surface area contributed by atoms with Crippen molar-refractivity contribution in [3.8, 4) is 0 Å². The number of hydrogen-bond acceptors (Lipinski definition) is 3. The molecular weight excluding hydrogens is 190 g/mol. The van der Waals surface area contributed by atoms with Gasteiger partial charge in [0, 0.05) is 12.5 Å². The molecule has 0 bridgehead atoms. The van der Waals surface area contributed by atoms with E-state index < -0.39 is 0 Å². The van der Waals surface area contributed by atoms with Crippen molar-refractivity contribution >= 4 is 11.7 Å². The Bertz CT molecular complexity index is 348. The minimum atomic E-state index is 0.0895. The largest absolute Gasteiger partial charge is 0.313 e. The van der Waals surface area contributed by atoms with Gasteiger partial charge in [-0.3, -0.25) is 14.7 Å². The molecule has 2 unspecified atom stereocenters. The zero-order valence-corrected chi connectivity index (χ0v) is 8.65. The van der Waals surface area contributed by atoms with Crippen LogP contribution in [0.3, 0.4) is 0 Å². The van der Waals surface area contributed by atoms with Crippen LogP contribution < -0.4 is 5.32 Å². The third kappa shape index (κ3) is 1.49. The number of amides is 1. The Morgan fingerprint density at radius 3 is 3.40 bits per heavy atom. The van der Waals surface area contributed by atoms with Crippen molar-refractivity contribution in [2.45, 2.75) is 18.9 Å². The van der Waals surface area contributed by atoms with Crippen LogP contribution in [-0.2, 0) is 4.79 Å². The summed E-state index contributed by atoms with van der Waals surface area (Å²) in [7, 11) is 0. The molecular formula is C11H15N3O. The maximum Gasteiger partial charge on any atom is 0.242 e. The lowest BCUT2D eigenvalue weighted by Crippen LogP contribution is -2.41. The van der Waals surface area contributed by atoms with E-state index in [1.54, 1.807) is 0 Å². The Kier molecular flexibility index (Phi) is 2.09. The summed E-state index contributed by atoms with van der Waals surface area (Å²) in [5, 5.41) is 2.97. The van der Waals surface area contributed by atoms with Crippen LogP contribution in [0.4, 0.5) is 0 Å². The van der Waals surface area contributed by atoms with E-state index in [0.29, 0.717) is 12.5 Å². The van der Waals surface area contributed by atoms with E-state index >= 15 is 0 Å². The molecule has 3 aliphatic rings. The fraction of sp³-hybridized carbons (Fsp3) is 0.636. The predicted molar refractivity (Wildman–Crippen MR) is 57.7 cm³/mol. The number of hydrogen-bond donors (Lipinski definition) is 1. The molecule has 1 amide bonds. The van der Waals surface area contributed by atoms with Gasteiger partial charge in [0.25, 0.3) is 0 Å². The van der Waals surface area contributed by atoms with Crippen molar-refractivity contribution in [1.29, 1.82) is 0 Å². The summed E-state index contributed by atoms with van der Waals surface area (Å²) in [6, 6.07) is 0.0895. The van der Waals surface area contributed by atoms with Gasteiger partial charge in [-0.15, -0.1) is 0 Å². The molecule has 3 rings (SSSR count). The molecule has 0 aromatic rings. The average molecular weight is 205 g/mol. The van der Waals surface area contributed by atoms with Gasteiger partial charge in [0.2, 0.25) is 5.91 Å². The van der Waals surface area contributed by atoms with E-state index in [1.807, 2.05) is 0 Å². The van der Waals surface area contributed by atoms with Gasteiger partial charge in [0.05, 0.1) is 12.6 Å². The highest BCUT2D eigenvalue weighted by Crippen LogP contribution is 2.23. The number of carbonyl (C=O) groups is 1. The highest BCUT2D eigenvalue weighted by Gasteiger charge is 2.37. The molecule has 4 nitrogen and oxygen atoms in total. The molecule has 3 aliphatic heterocycles. The molecule has 1 N–H and O–H groups in total. The molecule has 80 valence electrons. The molecule has 2 fully saturated rings. The van der Waals surface area contributed by atoms with Gasteiger partial charge < -0.3 is 5.32 Å². The van der Waals surface area contributed by atoms with E-state index in [-0.39, 0.29) is 11.9 Å². The van der Waals surface area contributed by atoms with Crippen LogP contribution in [0.2, 0.25) is 0 Å².